The lowest BCUT2D eigenvalue weighted by atomic mass is 10.1. The van der Waals surface area contributed by atoms with Crippen LogP contribution in [0.2, 0.25) is 0 Å². The van der Waals surface area contributed by atoms with E-state index in [9.17, 15) is 0 Å². The van der Waals surface area contributed by atoms with Gasteiger partial charge in [-0.2, -0.15) is 0 Å². The van der Waals surface area contributed by atoms with Gasteiger partial charge in [0.05, 0.1) is 19.2 Å². The Kier molecular flexibility index (Phi) is 7.59. The first-order valence-corrected chi connectivity index (χ1v) is 7.22. The molecule has 1 N–H and O–H groups in total. The van der Waals surface area contributed by atoms with Crippen LogP contribution in [0.3, 0.4) is 0 Å². The fraction of sp³-hybridized carbons (Fsp3) is 0.923. The quantitative estimate of drug-likeness (QED) is 0.656. The van der Waals surface area contributed by atoms with Crippen LogP contribution < -0.4 is 5.32 Å². The number of rotatable bonds is 10. The highest BCUT2D eigenvalue weighted by atomic mass is 16.5. The Morgan fingerprint density at radius 2 is 2.05 bits per heavy atom. The molecular weight excluding hydrogens is 242 g/mol. The molecule has 110 valence electrons. The average Bonchev–Trinajstić information content (AvgIpc) is 2.83. The van der Waals surface area contributed by atoms with Crippen LogP contribution in [-0.2, 0) is 11.3 Å². The average molecular weight is 269 g/mol. The maximum atomic E-state index is 5.60. The molecule has 0 aliphatic carbocycles. The van der Waals surface area contributed by atoms with Crippen molar-refractivity contribution < 1.29 is 4.74 Å². The Bertz CT molecular complexity index is 340. The third-order valence-electron chi connectivity index (χ3n) is 2.93. The predicted molar refractivity (Wildman–Crippen MR) is 74.8 cm³/mol. The van der Waals surface area contributed by atoms with Gasteiger partial charge in [-0.1, -0.05) is 20.8 Å². The van der Waals surface area contributed by atoms with Gasteiger partial charge in [0, 0.05) is 6.61 Å². The van der Waals surface area contributed by atoms with Crippen molar-refractivity contribution in [3.8, 4) is 0 Å². The third kappa shape index (κ3) is 6.11. The second kappa shape index (κ2) is 8.98. The van der Waals surface area contributed by atoms with Crippen LogP contribution in [0.4, 0.5) is 0 Å². The molecular formula is C13H27N5O. The summed E-state index contributed by atoms with van der Waals surface area (Å²) in [6.07, 6.45) is 2.20. The van der Waals surface area contributed by atoms with E-state index in [1.807, 2.05) is 4.68 Å². The minimum atomic E-state index is 0.172. The molecule has 1 heterocycles. The lowest BCUT2D eigenvalue weighted by Gasteiger charge is -2.13. The molecule has 6 nitrogen and oxygen atoms in total. The van der Waals surface area contributed by atoms with Crippen LogP contribution in [0.15, 0.2) is 0 Å². The SMILES string of the molecule is CCCNC(C)c1nnnn1CCOCCC(C)C. The van der Waals surface area contributed by atoms with Crippen LogP contribution in [0.1, 0.15) is 52.4 Å². The summed E-state index contributed by atoms with van der Waals surface area (Å²) in [4.78, 5) is 0. The molecule has 1 aromatic heterocycles. The van der Waals surface area contributed by atoms with Gasteiger partial charge in [-0.3, -0.25) is 0 Å². The van der Waals surface area contributed by atoms with Crippen LogP contribution in [0.5, 0.6) is 0 Å². The van der Waals surface area contributed by atoms with Crippen molar-refractivity contribution in [3.05, 3.63) is 5.82 Å². The van der Waals surface area contributed by atoms with Gasteiger partial charge >= 0.3 is 0 Å². The second-order valence-electron chi connectivity index (χ2n) is 5.23. The first kappa shape index (κ1) is 16.0. The van der Waals surface area contributed by atoms with Gasteiger partial charge in [-0.05, 0) is 42.7 Å². The number of hydrogen-bond acceptors (Lipinski definition) is 5. The number of tetrazole rings is 1. The van der Waals surface area contributed by atoms with Gasteiger partial charge < -0.3 is 10.1 Å². The fourth-order valence-electron chi connectivity index (χ4n) is 1.71. The molecule has 1 atom stereocenters. The zero-order valence-corrected chi connectivity index (χ0v) is 12.6. The molecule has 0 saturated carbocycles. The van der Waals surface area contributed by atoms with Crippen molar-refractivity contribution in [1.29, 1.82) is 0 Å². The Balaban J connectivity index is 2.32. The first-order chi connectivity index (χ1) is 9.15. The fourth-order valence-corrected chi connectivity index (χ4v) is 1.71. The van der Waals surface area contributed by atoms with E-state index in [2.05, 4.69) is 48.5 Å². The van der Waals surface area contributed by atoms with Gasteiger partial charge in [0.2, 0.25) is 0 Å². The summed E-state index contributed by atoms with van der Waals surface area (Å²) in [5.74, 6) is 1.56. The van der Waals surface area contributed by atoms with Gasteiger partial charge in [0.1, 0.15) is 0 Å². The monoisotopic (exact) mass is 269 g/mol. The van der Waals surface area contributed by atoms with Gasteiger partial charge in [-0.15, -0.1) is 5.10 Å². The van der Waals surface area contributed by atoms with E-state index in [-0.39, 0.29) is 6.04 Å². The molecule has 0 saturated heterocycles. The molecule has 0 fully saturated rings. The molecule has 1 rings (SSSR count). The van der Waals surface area contributed by atoms with Crippen LogP contribution in [0.25, 0.3) is 0 Å². The van der Waals surface area contributed by atoms with E-state index in [1.165, 1.54) is 0 Å². The van der Waals surface area contributed by atoms with Crippen LogP contribution in [0, 0.1) is 5.92 Å². The molecule has 1 unspecified atom stereocenters. The Morgan fingerprint density at radius 3 is 2.74 bits per heavy atom. The van der Waals surface area contributed by atoms with E-state index in [4.69, 9.17) is 4.74 Å². The zero-order valence-electron chi connectivity index (χ0n) is 12.6. The number of aromatic nitrogens is 4. The highest BCUT2D eigenvalue weighted by Gasteiger charge is 2.13. The van der Waals surface area contributed by atoms with Crippen LogP contribution >= 0.6 is 0 Å². The summed E-state index contributed by atoms with van der Waals surface area (Å²) in [7, 11) is 0. The Morgan fingerprint density at radius 1 is 1.26 bits per heavy atom. The minimum absolute atomic E-state index is 0.172. The highest BCUT2D eigenvalue weighted by molar-refractivity contribution is 4.89. The predicted octanol–water partition coefficient (Wildman–Crippen LogP) is 1.80. The largest absolute Gasteiger partial charge is 0.380 e. The van der Waals surface area contributed by atoms with Crippen molar-refractivity contribution in [1.82, 2.24) is 25.5 Å². The molecule has 0 aliphatic heterocycles. The highest BCUT2D eigenvalue weighted by Crippen LogP contribution is 2.07. The Labute approximate surface area is 115 Å². The summed E-state index contributed by atoms with van der Waals surface area (Å²) >= 11 is 0. The summed E-state index contributed by atoms with van der Waals surface area (Å²) in [5, 5.41) is 15.2. The zero-order chi connectivity index (χ0) is 14.1. The van der Waals surface area contributed by atoms with E-state index in [0.29, 0.717) is 19.1 Å². The minimum Gasteiger partial charge on any atom is -0.380 e. The molecule has 0 radical (unpaired) electrons. The standard InChI is InChI=1S/C13H27N5O/c1-5-7-14-12(4)13-15-16-17-18(13)8-10-19-9-6-11(2)3/h11-12,14H,5-10H2,1-4H3. The molecule has 0 amide bonds. The van der Waals surface area contributed by atoms with Crippen molar-refractivity contribution in [2.24, 2.45) is 5.92 Å². The van der Waals surface area contributed by atoms with Crippen LogP contribution in [-0.4, -0.2) is 40.0 Å². The number of nitrogens with one attached hydrogen (secondary N) is 1. The van der Waals surface area contributed by atoms with Gasteiger partial charge in [-0.25, -0.2) is 4.68 Å². The smallest absolute Gasteiger partial charge is 0.168 e. The van der Waals surface area contributed by atoms with Gasteiger partial charge in [0.25, 0.3) is 0 Å². The molecule has 0 spiro atoms. The summed E-state index contributed by atoms with van der Waals surface area (Å²) in [5.41, 5.74) is 0. The molecule has 6 heteroatoms. The summed E-state index contributed by atoms with van der Waals surface area (Å²) < 4.78 is 7.42. The molecule has 19 heavy (non-hydrogen) atoms. The Hall–Kier alpha value is -1.01. The van der Waals surface area contributed by atoms with Crippen molar-refractivity contribution in [2.45, 2.75) is 53.1 Å². The normalized spacial score (nSPS) is 13.1. The maximum absolute atomic E-state index is 5.60. The van der Waals surface area contributed by atoms with Crippen molar-refractivity contribution in [2.75, 3.05) is 19.8 Å². The van der Waals surface area contributed by atoms with Crippen molar-refractivity contribution >= 4 is 0 Å². The second-order valence-corrected chi connectivity index (χ2v) is 5.23. The number of nitrogens with zero attached hydrogens (tertiary/aromatic N) is 4. The first-order valence-electron chi connectivity index (χ1n) is 7.22. The van der Waals surface area contributed by atoms with E-state index < -0.39 is 0 Å². The van der Waals surface area contributed by atoms with E-state index >= 15 is 0 Å². The van der Waals surface area contributed by atoms with E-state index in [0.717, 1.165) is 31.8 Å². The van der Waals surface area contributed by atoms with Crippen molar-refractivity contribution in [3.63, 3.8) is 0 Å². The molecule has 0 aliphatic rings. The van der Waals surface area contributed by atoms with E-state index in [1.54, 1.807) is 0 Å². The van der Waals surface area contributed by atoms with Gasteiger partial charge in [0.15, 0.2) is 5.82 Å². The lowest BCUT2D eigenvalue weighted by Crippen LogP contribution is -2.24. The lowest BCUT2D eigenvalue weighted by molar-refractivity contribution is 0.112. The summed E-state index contributed by atoms with van der Waals surface area (Å²) in [6, 6.07) is 0.172. The number of ether oxygens (including phenoxy) is 1. The third-order valence-corrected chi connectivity index (χ3v) is 2.93. The maximum Gasteiger partial charge on any atom is 0.168 e. The number of hydrogen-bond donors (Lipinski definition) is 1. The topological polar surface area (TPSA) is 64.9 Å². The molecule has 0 aromatic carbocycles. The summed E-state index contributed by atoms with van der Waals surface area (Å²) in [6.45, 7) is 11.8. The molecule has 1 aromatic rings. The molecule has 0 bridgehead atoms.